The van der Waals surface area contributed by atoms with Crippen LogP contribution in [-0.2, 0) is 4.79 Å². The van der Waals surface area contributed by atoms with Gasteiger partial charge < -0.3 is 10.0 Å². The van der Waals surface area contributed by atoms with Gasteiger partial charge in [-0.2, -0.15) is 5.10 Å². The van der Waals surface area contributed by atoms with Crippen molar-refractivity contribution in [2.45, 2.75) is 32.2 Å². The lowest BCUT2D eigenvalue weighted by molar-refractivity contribution is -0.137. The van der Waals surface area contributed by atoms with E-state index in [0.717, 1.165) is 12.8 Å². The van der Waals surface area contributed by atoms with Gasteiger partial charge in [-0.3, -0.25) is 9.59 Å². The lowest BCUT2D eigenvalue weighted by atomic mass is 10.1. The van der Waals surface area contributed by atoms with Gasteiger partial charge in [0.2, 0.25) is 0 Å². The molecule has 0 spiro atoms. The summed E-state index contributed by atoms with van der Waals surface area (Å²) in [7, 11) is 0. The first-order valence-electron chi connectivity index (χ1n) is 7.81. The number of aromatic nitrogens is 2. The molecule has 3 rings (SSSR count). The molecule has 1 N–H and O–H groups in total. The molecule has 6 nitrogen and oxygen atoms in total. The van der Waals surface area contributed by atoms with Gasteiger partial charge in [-0.15, -0.1) is 0 Å². The predicted octanol–water partition coefficient (Wildman–Crippen LogP) is 2.91. The molecule has 0 saturated carbocycles. The lowest BCUT2D eigenvalue weighted by Gasteiger charge is -2.23. The van der Waals surface area contributed by atoms with Crippen molar-refractivity contribution in [2.24, 2.45) is 0 Å². The Bertz CT molecular complexity index is 787. The summed E-state index contributed by atoms with van der Waals surface area (Å²) in [5.41, 5.74) is 1.88. The van der Waals surface area contributed by atoms with Gasteiger partial charge in [0.25, 0.3) is 5.91 Å². The van der Waals surface area contributed by atoms with Gasteiger partial charge in [0, 0.05) is 12.6 Å². The Balaban J connectivity index is 1.89. The molecule has 1 aromatic heterocycles. The van der Waals surface area contributed by atoms with E-state index in [1.54, 1.807) is 15.6 Å². The molecule has 1 aliphatic rings. The largest absolute Gasteiger partial charge is 0.481 e. The third kappa shape index (κ3) is 3.01. The van der Waals surface area contributed by atoms with Crippen molar-refractivity contribution in [1.82, 2.24) is 14.7 Å². The fraction of sp³-hybridized carbons (Fsp3) is 0.353. The van der Waals surface area contributed by atoms with E-state index in [0.29, 0.717) is 28.5 Å². The number of hydrogen-bond acceptors (Lipinski definition) is 3. The van der Waals surface area contributed by atoms with Crippen molar-refractivity contribution >= 4 is 23.5 Å². The minimum Gasteiger partial charge on any atom is -0.481 e. The minimum absolute atomic E-state index is 0.0244. The molecule has 1 aromatic carbocycles. The van der Waals surface area contributed by atoms with Crippen molar-refractivity contribution < 1.29 is 14.7 Å². The van der Waals surface area contributed by atoms with Crippen LogP contribution in [-0.4, -0.2) is 44.3 Å². The Morgan fingerprint density at radius 2 is 2.12 bits per heavy atom. The van der Waals surface area contributed by atoms with E-state index in [1.165, 1.54) is 6.20 Å². The third-order valence-electron chi connectivity index (χ3n) is 4.37. The van der Waals surface area contributed by atoms with Crippen molar-refractivity contribution in [3.05, 3.63) is 46.7 Å². The van der Waals surface area contributed by atoms with Gasteiger partial charge in [-0.05, 0) is 31.9 Å². The average molecular weight is 348 g/mol. The summed E-state index contributed by atoms with van der Waals surface area (Å²) < 4.78 is 1.64. The van der Waals surface area contributed by atoms with E-state index >= 15 is 0 Å². The summed E-state index contributed by atoms with van der Waals surface area (Å²) in [6, 6.07) is 7.03. The normalized spacial score (nSPS) is 17.2. The molecule has 7 heteroatoms. The van der Waals surface area contributed by atoms with Crippen LogP contribution in [0.25, 0.3) is 5.69 Å². The van der Waals surface area contributed by atoms with Gasteiger partial charge in [-0.1, -0.05) is 23.7 Å². The van der Waals surface area contributed by atoms with Gasteiger partial charge >= 0.3 is 5.97 Å². The average Bonchev–Trinajstić information content (AvgIpc) is 3.13. The van der Waals surface area contributed by atoms with Crippen LogP contribution in [0.4, 0.5) is 0 Å². The highest BCUT2D eigenvalue weighted by Crippen LogP contribution is 2.26. The predicted molar refractivity (Wildman–Crippen MR) is 89.6 cm³/mol. The summed E-state index contributed by atoms with van der Waals surface area (Å²) in [4.78, 5) is 25.5. The molecule has 1 amide bonds. The molecule has 24 heavy (non-hydrogen) atoms. The molecule has 0 radical (unpaired) electrons. The maximum atomic E-state index is 12.8. The van der Waals surface area contributed by atoms with E-state index in [4.69, 9.17) is 16.7 Å². The second-order valence-corrected chi connectivity index (χ2v) is 6.31. The third-order valence-corrected chi connectivity index (χ3v) is 4.69. The number of carboxylic acids is 1. The molecule has 0 aliphatic carbocycles. The lowest BCUT2D eigenvalue weighted by Crippen LogP contribution is -2.37. The Kier molecular flexibility index (Phi) is 4.57. The van der Waals surface area contributed by atoms with Crippen molar-refractivity contribution in [3.63, 3.8) is 0 Å². The first kappa shape index (κ1) is 16.5. The zero-order chi connectivity index (χ0) is 17.3. The minimum atomic E-state index is -0.886. The fourth-order valence-electron chi connectivity index (χ4n) is 3.16. The fourth-order valence-corrected chi connectivity index (χ4v) is 3.37. The molecule has 1 atom stereocenters. The van der Waals surface area contributed by atoms with Gasteiger partial charge in [0.05, 0.1) is 34.6 Å². The smallest absolute Gasteiger partial charge is 0.305 e. The van der Waals surface area contributed by atoms with Crippen LogP contribution in [0.15, 0.2) is 30.5 Å². The zero-order valence-electron chi connectivity index (χ0n) is 13.3. The number of amides is 1. The van der Waals surface area contributed by atoms with Crippen molar-refractivity contribution in [1.29, 1.82) is 0 Å². The van der Waals surface area contributed by atoms with Crippen LogP contribution < -0.4 is 0 Å². The second kappa shape index (κ2) is 6.65. The van der Waals surface area contributed by atoms with E-state index < -0.39 is 5.97 Å². The number of likely N-dealkylation sites (tertiary alicyclic amines) is 1. The number of rotatable bonds is 4. The number of carbonyl (C=O) groups excluding carboxylic acids is 1. The second-order valence-electron chi connectivity index (χ2n) is 5.90. The summed E-state index contributed by atoms with van der Waals surface area (Å²) in [5.74, 6) is -1.06. The van der Waals surface area contributed by atoms with Crippen LogP contribution in [0.1, 0.15) is 35.3 Å². The Morgan fingerprint density at radius 1 is 1.38 bits per heavy atom. The molecule has 2 heterocycles. The van der Waals surface area contributed by atoms with Gasteiger partial charge in [0.15, 0.2) is 0 Å². The number of carbonyl (C=O) groups is 2. The van der Waals surface area contributed by atoms with Crippen molar-refractivity contribution in [3.8, 4) is 5.69 Å². The van der Waals surface area contributed by atoms with E-state index in [1.807, 2.05) is 25.1 Å². The number of hydrogen-bond donors (Lipinski definition) is 1. The van der Waals surface area contributed by atoms with Crippen LogP contribution in [0.2, 0.25) is 5.02 Å². The first-order chi connectivity index (χ1) is 11.5. The first-order valence-corrected chi connectivity index (χ1v) is 8.19. The van der Waals surface area contributed by atoms with Gasteiger partial charge in [0.1, 0.15) is 0 Å². The summed E-state index contributed by atoms with van der Waals surface area (Å²) >= 11 is 6.21. The number of benzene rings is 1. The molecule has 126 valence electrons. The number of nitrogens with zero attached hydrogens (tertiary/aromatic N) is 3. The summed E-state index contributed by atoms with van der Waals surface area (Å²) in [6.45, 7) is 2.39. The van der Waals surface area contributed by atoms with Gasteiger partial charge in [-0.25, -0.2) is 4.68 Å². The highest BCUT2D eigenvalue weighted by molar-refractivity contribution is 6.32. The molecule has 1 aliphatic heterocycles. The maximum absolute atomic E-state index is 12.8. The number of halogens is 1. The highest BCUT2D eigenvalue weighted by atomic mass is 35.5. The molecule has 1 fully saturated rings. The van der Waals surface area contributed by atoms with Crippen LogP contribution in [0.5, 0.6) is 0 Å². The molecular weight excluding hydrogens is 330 g/mol. The Labute approximate surface area is 144 Å². The Morgan fingerprint density at radius 3 is 2.83 bits per heavy atom. The number of para-hydroxylation sites is 1. The van der Waals surface area contributed by atoms with E-state index in [2.05, 4.69) is 5.10 Å². The molecule has 2 aromatic rings. The van der Waals surface area contributed by atoms with Crippen LogP contribution in [0.3, 0.4) is 0 Å². The highest BCUT2D eigenvalue weighted by Gasteiger charge is 2.32. The van der Waals surface area contributed by atoms with Crippen LogP contribution in [0, 0.1) is 6.92 Å². The van der Waals surface area contributed by atoms with E-state index in [9.17, 15) is 9.59 Å². The molecular formula is C17H18ClN3O3. The standard InChI is InChI=1S/C17H18ClN3O3/c1-11-13(10-19-21(11)15-7-3-2-6-14(15)18)17(24)20-8-4-5-12(20)9-16(22)23/h2-3,6-7,10,12H,4-5,8-9H2,1H3,(H,22,23). The molecule has 1 saturated heterocycles. The zero-order valence-corrected chi connectivity index (χ0v) is 14.0. The summed E-state index contributed by atoms with van der Waals surface area (Å²) in [6.07, 6.45) is 3.04. The van der Waals surface area contributed by atoms with Crippen molar-refractivity contribution in [2.75, 3.05) is 6.54 Å². The SMILES string of the molecule is Cc1c(C(=O)N2CCCC2CC(=O)O)cnn1-c1ccccc1Cl. The summed E-state index contributed by atoms with van der Waals surface area (Å²) in [5, 5.41) is 13.9. The Hall–Kier alpha value is -2.34. The number of carboxylic acid groups (broad SMARTS) is 1. The maximum Gasteiger partial charge on any atom is 0.305 e. The van der Waals surface area contributed by atoms with E-state index in [-0.39, 0.29) is 18.4 Å². The monoisotopic (exact) mass is 347 g/mol. The van der Waals surface area contributed by atoms with Crippen LogP contribution >= 0.6 is 11.6 Å². The quantitative estimate of drug-likeness (QED) is 0.922. The molecule has 1 unspecified atom stereocenters. The molecule has 0 bridgehead atoms. The number of aliphatic carboxylic acids is 1. The topological polar surface area (TPSA) is 75.4 Å².